The summed E-state index contributed by atoms with van der Waals surface area (Å²) >= 11 is 0. The molecule has 6 nitrogen and oxygen atoms in total. The van der Waals surface area contributed by atoms with E-state index < -0.39 is 5.54 Å². The first-order valence-corrected chi connectivity index (χ1v) is 8.33. The highest BCUT2D eigenvalue weighted by molar-refractivity contribution is 5.69. The number of nitriles is 1. The molecule has 2 aliphatic rings. The van der Waals surface area contributed by atoms with Gasteiger partial charge in [0.15, 0.2) is 0 Å². The van der Waals surface area contributed by atoms with E-state index in [9.17, 15) is 10.1 Å². The van der Waals surface area contributed by atoms with Crippen molar-refractivity contribution in [3.8, 4) is 6.07 Å². The van der Waals surface area contributed by atoms with Gasteiger partial charge in [-0.1, -0.05) is 0 Å². The Balaban J connectivity index is 2.13. The van der Waals surface area contributed by atoms with Gasteiger partial charge in [0.05, 0.1) is 25.9 Å². The zero-order valence-corrected chi connectivity index (χ0v) is 13.5. The summed E-state index contributed by atoms with van der Waals surface area (Å²) in [6.07, 6.45) is 2.82. The lowest BCUT2D eigenvalue weighted by atomic mass is 9.74. The quantitative estimate of drug-likeness (QED) is 0.736. The molecule has 124 valence electrons. The summed E-state index contributed by atoms with van der Waals surface area (Å²) in [5, 5.41) is 13.4. The summed E-state index contributed by atoms with van der Waals surface area (Å²) in [7, 11) is 0. The second kappa shape index (κ2) is 8.47. The average Bonchev–Trinajstić information content (AvgIpc) is 2.58. The van der Waals surface area contributed by atoms with E-state index in [1.165, 1.54) is 0 Å². The molecule has 2 heterocycles. The van der Waals surface area contributed by atoms with Gasteiger partial charge in [0.1, 0.15) is 5.54 Å². The second-order valence-electron chi connectivity index (χ2n) is 5.96. The van der Waals surface area contributed by atoms with E-state index in [0.717, 1.165) is 39.0 Å². The number of piperidine rings is 1. The number of morpholine rings is 1. The molecule has 0 aromatic heterocycles. The van der Waals surface area contributed by atoms with Crippen molar-refractivity contribution in [3.05, 3.63) is 0 Å². The van der Waals surface area contributed by atoms with E-state index in [-0.39, 0.29) is 5.97 Å². The molecule has 2 saturated heterocycles. The van der Waals surface area contributed by atoms with Crippen LogP contribution < -0.4 is 5.32 Å². The maximum absolute atomic E-state index is 11.8. The standard InChI is InChI=1S/C16H27N3O3/c1-2-22-15(20)3-6-16(13-17,14-4-7-18-8-5-14)19-9-11-21-12-10-19/h14,18H,2-12H2,1H3. The van der Waals surface area contributed by atoms with Crippen LogP contribution in [0, 0.1) is 17.2 Å². The number of carbonyl (C=O) groups excluding carboxylic acids is 1. The van der Waals surface area contributed by atoms with Gasteiger partial charge in [-0.15, -0.1) is 0 Å². The van der Waals surface area contributed by atoms with Crippen LogP contribution >= 0.6 is 0 Å². The molecule has 0 saturated carbocycles. The van der Waals surface area contributed by atoms with Crippen molar-refractivity contribution >= 4 is 5.97 Å². The lowest BCUT2D eigenvalue weighted by molar-refractivity contribution is -0.144. The summed E-state index contributed by atoms with van der Waals surface area (Å²) in [4.78, 5) is 14.0. The third-order valence-corrected chi connectivity index (χ3v) is 4.80. The van der Waals surface area contributed by atoms with E-state index in [1.807, 2.05) is 6.92 Å². The van der Waals surface area contributed by atoms with Crippen molar-refractivity contribution in [2.24, 2.45) is 5.92 Å². The summed E-state index contributed by atoms with van der Waals surface area (Å²) in [5.41, 5.74) is -0.571. The maximum Gasteiger partial charge on any atom is 0.305 e. The highest BCUT2D eigenvalue weighted by atomic mass is 16.5. The summed E-state index contributed by atoms with van der Waals surface area (Å²) in [6, 6.07) is 2.59. The van der Waals surface area contributed by atoms with Gasteiger partial charge in [0.2, 0.25) is 0 Å². The third kappa shape index (κ3) is 3.97. The number of ether oxygens (including phenoxy) is 2. The number of carbonyl (C=O) groups is 1. The molecule has 0 amide bonds. The van der Waals surface area contributed by atoms with Gasteiger partial charge in [-0.2, -0.15) is 5.26 Å². The van der Waals surface area contributed by atoms with Gasteiger partial charge >= 0.3 is 5.97 Å². The Morgan fingerprint density at radius 2 is 2.09 bits per heavy atom. The van der Waals surface area contributed by atoms with E-state index in [2.05, 4.69) is 16.3 Å². The van der Waals surface area contributed by atoms with Crippen molar-refractivity contribution in [1.82, 2.24) is 10.2 Å². The molecule has 0 aromatic rings. The van der Waals surface area contributed by atoms with Crippen LogP contribution in [0.3, 0.4) is 0 Å². The molecule has 0 radical (unpaired) electrons. The third-order valence-electron chi connectivity index (χ3n) is 4.80. The van der Waals surface area contributed by atoms with Crippen LogP contribution in [-0.2, 0) is 14.3 Å². The Morgan fingerprint density at radius 1 is 1.41 bits per heavy atom. The molecule has 0 bridgehead atoms. The SMILES string of the molecule is CCOC(=O)CCC(C#N)(C1CCNCC1)N1CCOCC1. The zero-order chi connectivity index (χ0) is 15.8. The molecule has 1 atom stereocenters. The lowest BCUT2D eigenvalue weighted by Crippen LogP contribution is -2.58. The number of esters is 1. The van der Waals surface area contributed by atoms with Crippen LogP contribution in [0.25, 0.3) is 0 Å². The number of rotatable bonds is 6. The van der Waals surface area contributed by atoms with Crippen molar-refractivity contribution < 1.29 is 14.3 Å². The smallest absolute Gasteiger partial charge is 0.305 e. The Morgan fingerprint density at radius 3 is 2.68 bits per heavy atom. The summed E-state index contributed by atoms with van der Waals surface area (Å²) < 4.78 is 10.5. The second-order valence-corrected chi connectivity index (χ2v) is 5.96. The van der Waals surface area contributed by atoms with Crippen molar-refractivity contribution in [2.45, 2.75) is 38.1 Å². The van der Waals surface area contributed by atoms with Gasteiger partial charge < -0.3 is 14.8 Å². The molecule has 22 heavy (non-hydrogen) atoms. The highest BCUT2D eigenvalue weighted by Crippen LogP contribution is 2.36. The van der Waals surface area contributed by atoms with Crippen LogP contribution in [0.5, 0.6) is 0 Å². The molecular formula is C16H27N3O3. The zero-order valence-electron chi connectivity index (χ0n) is 13.5. The molecule has 1 N–H and O–H groups in total. The molecule has 0 spiro atoms. The molecule has 2 rings (SSSR count). The first-order chi connectivity index (χ1) is 10.7. The van der Waals surface area contributed by atoms with Gasteiger partial charge in [-0.3, -0.25) is 9.69 Å². The number of hydrogen-bond acceptors (Lipinski definition) is 6. The van der Waals surface area contributed by atoms with E-state index >= 15 is 0 Å². The van der Waals surface area contributed by atoms with Crippen LogP contribution in [-0.4, -0.2) is 62.4 Å². The Labute approximate surface area is 132 Å². The minimum atomic E-state index is -0.571. The summed E-state index contributed by atoms with van der Waals surface area (Å²) in [6.45, 7) is 6.94. The predicted molar refractivity (Wildman–Crippen MR) is 82.2 cm³/mol. The minimum absolute atomic E-state index is 0.204. The fraction of sp³-hybridized carbons (Fsp3) is 0.875. The molecular weight excluding hydrogens is 282 g/mol. The van der Waals surface area contributed by atoms with E-state index in [4.69, 9.17) is 9.47 Å². The Kier molecular flexibility index (Phi) is 6.62. The van der Waals surface area contributed by atoms with Gasteiger partial charge in [0.25, 0.3) is 0 Å². The largest absolute Gasteiger partial charge is 0.466 e. The predicted octanol–water partition coefficient (Wildman–Crippen LogP) is 0.924. The Bertz CT molecular complexity index is 378. The number of hydrogen-bond donors (Lipinski definition) is 1. The average molecular weight is 309 g/mol. The summed E-state index contributed by atoms with van der Waals surface area (Å²) in [5.74, 6) is 0.0931. The van der Waals surface area contributed by atoms with Crippen molar-refractivity contribution in [1.29, 1.82) is 5.26 Å². The first-order valence-electron chi connectivity index (χ1n) is 8.33. The van der Waals surface area contributed by atoms with Gasteiger partial charge in [-0.05, 0) is 45.2 Å². The fourth-order valence-corrected chi connectivity index (χ4v) is 3.63. The topological polar surface area (TPSA) is 74.6 Å². The molecule has 1 unspecified atom stereocenters. The van der Waals surface area contributed by atoms with Crippen LogP contribution in [0.15, 0.2) is 0 Å². The Hall–Kier alpha value is -1.16. The molecule has 2 fully saturated rings. The van der Waals surface area contributed by atoms with E-state index in [1.54, 1.807) is 0 Å². The molecule has 2 aliphatic heterocycles. The number of nitrogens with one attached hydrogen (secondary N) is 1. The van der Waals surface area contributed by atoms with Gasteiger partial charge in [0, 0.05) is 19.5 Å². The molecule has 0 aromatic carbocycles. The normalized spacial score (nSPS) is 23.5. The molecule has 0 aliphatic carbocycles. The van der Waals surface area contributed by atoms with Crippen LogP contribution in [0.4, 0.5) is 0 Å². The fourth-order valence-electron chi connectivity index (χ4n) is 3.63. The number of nitrogens with zero attached hydrogens (tertiary/aromatic N) is 2. The van der Waals surface area contributed by atoms with Gasteiger partial charge in [-0.25, -0.2) is 0 Å². The molecule has 6 heteroatoms. The first kappa shape index (κ1) is 17.2. The van der Waals surface area contributed by atoms with Crippen LogP contribution in [0.1, 0.15) is 32.6 Å². The van der Waals surface area contributed by atoms with Crippen molar-refractivity contribution in [2.75, 3.05) is 46.0 Å². The van der Waals surface area contributed by atoms with Crippen LogP contribution in [0.2, 0.25) is 0 Å². The van der Waals surface area contributed by atoms with E-state index in [0.29, 0.717) is 38.6 Å². The lowest BCUT2D eigenvalue weighted by Gasteiger charge is -2.47. The maximum atomic E-state index is 11.8. The monoisotopic (exact) mass is 309 g/mol. The highest BCUT2D eigenvalue weighted by Gasteiger charge is 2.45. The minimum Gasteiger partial charge on any atom is -0.466 e. The van der Waals surface area contributed by atoms with Crippen molar-refractivity contribution in [3.63, 3.8) is 0 Å².